The Morgan fingerprint density at radius 2 is 2.47 bits per heavy atom. The fourth-order valence-electron chi connectivity index (χ4n) is 1.79. The Morgan fingerprint density at radius 3 is 3.00 bits per heavy atom. The molecule has 0 amide bonds. The highest BCUT2D eigenvalue weighted by molar-refractivity contribution is 7.09. The largest absolute Gasteiger partial charge is 0.409 e. The molecular weight excluding hydrogens is 236 g/mol. The monoisotopic (exact) mass is 254 g/mol. The Hall–Kier alpha value is -1.14. The van der Waals surface area contributed by atoms with E-state index in [0.29, 0.717) is 18.3 Å². The van der Waals surface area contributed by atoms with Crippen LogP contribution in [0, 0.1) is 6.92 Å². The highest BCUT2D eigenvalue weighted by Crippen LogP contribution is 2.28. The van der Waals surface area contributed by atoms with Crippen molar-refractivity contribution in [3.63, 3.8) is 0 Å². The quantitative estimate of drug-likeness (QED) is 0.349. The molecule has 94 valence electrons. The SMILES string of the molecule is Cc1csc(CN(CCC(N)=NO)C2CC2)n1. The Bertz CT molecular complexity index is 400. The molecule has 6 heteroatoms. The minimum Gasteiger partial charge on any atom is -0.409 e. The summed E-state index contributed by atoms with van der Waals surface area (Å²) >= 11 is 1.70. The van der Waals surface area contributed by atoms with Gasteiger partial charge in [0.05, 0.1) is 6.54 Å². The highest BCUT2D eigenvalue weighted by atomic mass is 32.1. The summed E-state index contributed by atoms with van der Waals surface area (Å²) in [6.07, 6.45) is 3.11. The number of aromatic nitrogens is 1. The zero-order chi connectivity index (χ0) is 12.3. The van der Waals surface area contributed by atoms with Crippen LogP contribution in [0.3, 0.4) is 0 Å². The number of rotatable bonds is 6. The fourth-order valence-corrected chi connectivity index (χ4v) is 2.58. The van der Waals surface area contributed by atoms with Gasteiger partial charge in [-0.05, 0) is 19.8 Å². The molecule has 0 unspecified atom stereocenters. The molecule has 0 spiro atoms. The standard InChI is InChI=1S/C11H18N4OS/c1-8-7-17-11(13-8)6-15(9-2-3-9)5-4-10(12)14-16/h7,9,16H,2-6H2,1H3,(H2,12,14). The van der Waals surface area contributed by atoms with E-state index in [0.717, 1.165) is 23.8 Å². The summed E-state index contributed by atoms with van der Waals surface area (Å²) in [7, 11) is 0. The van der Waals surface area contributed by atoms with Gasteiger partial charge in [-0.1, -0.05) is 5.16 Å². The number of thiazole rings is 1. The van der Waals surface area contributed by atoms with Crippen LogP contribution in [0.15, 0.2) is 10.5 Å². The molecule has 0 radical (unpaired) electrons. The van der Waals surface area contributed by atoms with Crippen molar-refractivity contribution < 1.29 is 5.21 Å². The summed E-state index contributed by atoms with van der Waals surface area (Å²) in [5.41, 5.74) is 6.58. The van der Waals surface area contributed by atoms with E-state index in [1.807, 2.05) is 6.92 Å². The number of aryl methyl sites for hydroxylation is 1. The Kier molecular flexibility index (Phi) is 3.96. The lowest BCUT2D eigenvalue weighted by Crippen LogP contribution is -2.29. The van der Waals surface area contributed by atoms with E-state index < -0.39 is 0 Å². The van der Waals surface area contributed by atoms with Crippen LogP contribution in [0.4, 0.5) is 0 Å². The molecule has 0 aliphatic heterocycles. The summed E-state index contributed by atoms with van der Waals surface area (Å²) in [6.45, 7) is 3.72. The third-order valence-corrected chi connectivity index (χ3v) is 3.80. The van der Waals surface area contributed by atoms with Crippen LogP contribution >= 0.6 is 11.3 Å². The third-order valence-electron chi connectivity index (χ3n) is 2.85. The van der Waals surface area contributed by atoms with Gasteiger partial charge in [-0.3, -0.25) is 4.90 Å². The number of hydrogen-bond donors (Lipinski definition) is 2. The van der Waals surface area contributed by atoms with Gasteiger partial charge < -0.3 is 10.9 Å². The first-order valence-corrected chi connectivity index (χ1v) is 6.68. The van der Waals surface area contributed by atoms with Gasteiger partial charge in [-0.2, -0.15) is 0 Å². The molecule has 0 aromatic carbocycles. The molecule has 1 aromatic heterocycles. The molecule has 17 heavy (non-hydrogen) atoms. The molecule has 3 N–H and O–H groups in total. The van der Waals surface area contributed by atoms with Crippen LogP contribution in [0.1, 0.15) is 30.0 Å². The Labute approximate surface area is 105 Å². The molecule has 0 atom stereocenters. The average molecular weight is 254 g/mol. The van der Waals surface area contributed by atoms with Gasteiger partial charge in [0, 0.05) is 30.1 Å². The second-order valence-corrected chi connectivity index (χ2v) is 5.37. The molecule has 1 heterocycles. The molecule has 1 aliphatic carbocycles. The van der Waals surface area contributed by atoms with Crippen molar-refractivity contribution >= 4 is 17.2 Å². The maximum atomic E-state index is 8.53. The van der Waals surface area contributed by atoms with Gasteiger partial charge in [-0.15, -0.1) is 11.3 Å². The van der Waals surface area contributed by atoms with Crippen molar-refractivity contribution in [1.82, 2.24) is 9.88 Å². The molecule has 2 rings (SSSR count). The lowest BCUT2D eigenvalue weighted by molar-refractivity contribution is 0.259. The molecule has 1 fully saturated rings. The Balaban J connectivity index is 1.89. The van der Waals surface area contributed by atoms with E-state index in [9.17, 15) is 0 Å². The summed E-state index contributed by atoms with van der Waals surface area (Å²) in [5.74, 6) is 0.297. The van der Waals surface area contributed by atoms with Gasteiger partial charge in [0.1, 0.15) is 10.8 Å². The van der Waals surface area contributed by atoms with Crippen molar-refractivity contribution in [1.29, 1.82) is 0 Å². The van der Waals surface area contributed by atoms with Crippen LogP contribution in [0.5, 0.6) is 0 Å². The van der Waals surface area contributed by atoms with E-state index in [2.05, 4.69) is 20.4 Å². The first-order chi connectivity index (χ1) is 8.19. The van der Waals surface area contributed by atoms with Crippen molar-refractivity contribution in [2.24, 2.45) is 10.9 Å². The first kappa shape index (κ1) is 12.3. The number of nitrogens with zero attached hydrogens (tertiary/aromatic N) is 3. The summed E-state index contributed by atoms with van der Waals surface area (Å²) in [5, 5.41) is 14.8. The number of hydrogen-bond acceptors (Lipinski definition) is 5. The van der Waals surface area contributed by atoms with E-state index in [1.54, 1.807) is 11.3 Å². The molecule has 1 saturated carbocycles. The minimum atomic E-state index is 0.297. The average Bonchev–Trinajstić information content (AvgIpc) is 3.08. The normalized spacial score (nSPS) is 16.7. The third kappa shape index (κ3) is 3.67. The van der Waals surface area contributed by atoms with Crippen molar-refractivity contribution in [3.05, 3.63) is 16.1 Å². The lowest BCUT2D eigenvalue weighted by Gasteiger charge is -2.20. The first-order valence-electron chi connectivity index (χ1n) is 5.80. The lowest BCUT2D eigenvalue weighted by atomic mass is 10.3. The van der Waals surface area contributed by atoms with Crippen LogP contribution in [0.2, 0.25) is 0 Å². The van der Waals surface area contributed by atoms with E-state index in [1.165, 1.54) is 12.8 Å². The summed E-state index contributed by atoms with van der Waals surface area (Å²) < 4.78 is 0. The van der Waals surface area contributed by atoms with E-state index in [4.69, 9.17) is 10.9 Å². The maximum absolute atomic E-state index is 8.53. The van der Waals surface area contributed by atoms with Gasteiger partial charge in [0.25, 0.3) is 0 Å². The molecule has 1 aromatic rings. The van der Waals surface area contributed by atoms with Crippen molar-refractivity contribution in [2.75, 3.05) is 6.54 Å². The number of amidine groups is 1. The molecular formula is C11H18N4OS. The molecule has 1 aliphatic rings. The second kappa shape index (κ2) is 5.46. The Morgan fingerprint density at radius 1 is 1.71 bits per heavy atom. The second-order valence-electron chi connectivity index (χ2n) is 4.43. The molecule has 5 nitrogen and oxygen atoms in total. The van der Waals surface area contributed by atoms with Gasteiger partial charge in [-0.25, -0.2) is 4.98 Å². The van der Waals surface area contributed by atoms with Crippen LogP contribution in [0.25, 0.3) is 0 Å². The number of nitrogens with two attached hydrogens (primary N) is 1. The van der Waals surface area contributed by atoms with Crippen LogP contribution in [-0.4, -0.2) is 33.5 Å². The number of oxime groups is 1. The predicted molar refractivity (Wildman–Crippen MR) is 68.3 cm³/mol. The van der Waals surface area contributed by atoms with Crippen LogP contribution in [-0.2, 0) is 6.54 Å². The zero-order valence-electron chi connectivity index (χ0n) is 9.96. The fraction of sp³-hybridized carbons (Fsp3) is 0.636. The van der Waals surface area contributed by atoms with Crippen molar-refractivity contribution in [3.8, 4) is 0 Å². The highest BCUT2D eigenvalue weighted by Gasteiger charge is 2.29. The predicted octanol–water partition coefficient (Wildman–Crippen LogP) is 1.55. The van der Waals surface area contributed by atoms with E-state index in [-0.39, 0.29) is 0 Å². The smallest absolute Gasteiger partial charge is 0.140 e. The summed E-state index contributed by atoms with van der Waals surface area (Å²) in [6, 6.07) is 0.658. The molecule has 0 saturated heterocycles. The topological polar surface area (TPSA) is 74.7 Å². The van der Waals surface area contributed by atoms with Gasteiger partial charge in [0.2, 0.25) is 0 Å². The minimum absolute atomic E-state index is 0.297. The van der Waals surface area contributed by atoms with Gasteiger partial charge >= 0.3 is 0 Å². The zero-order valence-corrected chi connectivity index (χ0v) is 10.8. The van der Waals surface area contributed by atoms with Crippen molar-refractivity contribution in [2.45, 2.75) is 38.8 Å². The molecule has 0 bridgehead atoms. The maximum Gasteiger partial charge on any atom is 0.140 e. The van der Waals surface area contributed by atoms with E-state index >= 15 is 0 Å². The van der Waals surface area contributed by atoms with Crippen LogP contribution < -0.4 is 5.73 Å². The summed E-state index contributed by atoms with van der Waals surface area (Å²) in [4.78, 5) is 6.85. The van der Waals surface area contributed by atoms with Gasteiger partial charge in [0.15, 0.2) is 0 Å².